The number of nitrogen functional groups attached to an aromatic ring is 1. The fourth-order valence-electron chi connectivity index (χ4n) is 2.02. The number of nitrogens with one attached hydrogen (secondary N) is 1. The van der Waals surface area contributed by atoms with E-state index < -0.39 is 0 Å². The Bertz CT molecular complexity index is 489. The lowest BCUT2D eigenvalue weighted by atomic mass is 9.98. The number of anilines is 1. The zero-order chi connectivity index (χ0) is 12.3. The fraction of sp³-hybridized carbons (Fsp3) is 0.200. The summed E-state index contributed by atoms with van der Waals surface area (Å²) in [6.07, 6.45) is 0. The van der Waals surface area contributed by atoms with Crippen LogP contribution in [0.4, 0.5) is 5.69 Å². The van der Waals surface area contributed by atoms with Gasteiger partial charge in [0.15, 0.2) is 0 Å². The van der Waals surface area contributed by atoms with Crippen LogP contribution in [0.15, 0.2) is 48.5 Å². The molecular weight excluding hydrogens is 208 g/mol. The van der Waals surface area contributed by atoms with E-state index in [1.54, 1.807) is 0 Å². The molecule has 3 N–H and O–H groups in total. The van der Waals surface area contributed by atoms with Crippen LogP contribution in [0.25, 0.3) is 0 Å². The van der Waals surface area contributed by atoms with Crippen molar-refractivity contribution in [2.75, 3.05) is 12.8 Å². The summed E-state index contributed by atoms with van der Waals surface area (Å²) >= 11 is 0. The molecule has 0 saturated carbocycles. The maximum Gasteiger partial charge on any atom is 0.0575 e. The highest BCUT2D eigenvalue weighted by molar-refractivity contribution is 5.44. The third-order valence-electron chi connectivity index (χ3n) is 2.94. The number of hydrogen-bond acceptors (Lipinski definition) is 2. The van der Waals surface area contributed by atoms with E-state index in [0.29, 0.717) is 0 Å². The Morgan fingerprint density at radius 1 is 1.00 bits per heavy atom. The van der Waals surface area contributed by atoms with Crippen molar-refractivity contribution < 1.29 is 0 Å². The highest BCUT2D eigenvalue weighted by atomic mass is 14.9. The van der Waals surface area contributed by atoms with Gasteiger partial charge in [0.2, 0.25) is 0 Å². The molecule has 0 amide bonds. The van der Waals surface area contributed by atoms with Crippen LogP contribution in [0, 0.1) is 6.92 Å². The average Bonchev–Trinajstić information content (AvgIpc) is 2.33. The van der Waals surface area contributed by atoms with Crippen molar-refractivity contribution in [3.8, 4) is 0 Å². The van der Waals surface area contributed by atoms with Crippen LogP contribution in [0.5, 0.6) is 0 Å². The normalized spacial score (nSPS) is 12.4. The second-order valence-electron chi connectivity index (χ2n) is 4.30. The molecular formula is C15H18N2. The maximum absolute atomic E-state index is 5.83. The molecule has 1 atom stereocenters. The fourth-order valence-corrected chi connectivity index (χ4v) is 2.02. The summed E-state index contributed by atoms with van der Waals surface area (Å²) in [5.74, 6) is 0. The van der Waals surface area contributed by atoms with Gasteiger partial charge < -0.3 is 11.1 Å². The van der Waals surface area contributed by atoms with Gasteiger partial charge >= 0.3 is 0 Å². The lowest BCUT2D eigenvalue weighted by Crippen LogP contribution is -2.17. The highest BCUT2D eigenvalue weighted by Crippen LogP contribution is 2.23. The van der Waals surface area contributed by atoms with Crippen molar-refractivity contribution in [2.24, 2.45) is 0 Å². The summed E-state index contributed by atoms with van der Waals surface area (Å²) < 4.78 is 0. The van der Waals surface area contributed by atoms with Gasteiger partial charge in [-0.3, -0.25) is 0 Å². The first-order valence-corrected chi connectivity index (χ1v) is 5.80. The third kappa shape index (κ3) is 2.66. The molecule has 0 spiro atoms. The molecule has 2 heteroatoms. The zero-order valence-electron chi connectivity index (χ0n) is 10.3. The first-order chi connectivity index (χ1) is 8.20. The molecule has 1 unspecified atom stereocenters. The molecule has 0 aliphatic carbocycles. The van der Waals surface area contributed by atoms with Gasteiger partial charge in [-0.1, -0.05) is 42.0 Å². The Labute approximate surface area is 102 Å². The topological polar surface area (TPSA) is 38.0 Å². The van der Waals surface area contributed by atoms with Gasteiger partial charge in [0.25, 0.3) is 0 Å². The largest absolute Gasteiger partial charge is 0.399 e. The Morgan fingerprint density at radius 3 is 2.29 bits per heavy atom. The molecule has 0 aliphatic heterocycles. The molecule has 88 valence electrons. The average molecular weight is 226 g/mol. The van der Waals surface area contributed by atoms with Crippen molar-refractivity contribution in [3.05, 3.63) is 65.2 Å². The zero-order valence-corrected chi connectivity index (χ0v) is 10.3. The van der Waals surface area contributed by atoms with Gasteiger partial charge in [0.1, 0.15) is 0 Å². The van der Waals surface area contributed by atoms with E-state index >= 15 is 0 Å². The molecule has 0 saturated heterocycles. The molecule has 0 aromatic heterocycles. The molecule has 2 aromatic carbocycles. The van der Waals surface area contributed by atoms with Gasteiger partial charge in [-0.25, -0.2) is 0 Å². The summed E-state index contributed by atoms with van der Waals surface area (Å²) in [7, 11) is 1.97. The maximum atomic E-state index is 5.83. The predicted molar refractivity (Wildman–Crippen MR) is 72.9 cm³/mol. The van der Waals surface area contributed by atoms with E-state index in [0.717, 1.165) is 5.69 Å². The van der Waals surface area contributed by atoms with Crippen LogP contribution in [0.1, 0.15) is 22.7 Å². The molecule has 2 rings (SSSR count). The number of nitrogens with two attached hydrogens (primary N) is 1. The monoisotopic (exact) mass is 226 g/mol. The smallest absolute Gasteiger partial charge is 0.0575 e. The minimum absolute atomic E-state index is 0.194. The van der Waals surface area contributed by atoms with E-state index in [1.807, 2.05) is 25.2 Å². The van der Waals surface area contributed by atoms with Crippen LogP contribution in [0.2, 0.25) is 0 Å². The Balaban J connectivity index is 2.36. The number of benzene rings is 2. The van der Waals surface area contributed by atoms with Crippen LogP contribution in [-0.4, -0.2) is 7.05 Å². The Kier molecular flexibility index (Phi) is 3.45. The summed E-state index contributed by atoms with van der Waals surface area (Å²) in [5.41, 5.74) is 10.3. The first kappa shape index (κ1) is 11.7. The molecule has 17 heavy (non-hydrogen) atoms. The lowest BCUT2D eigenvalue weighted by Gasteiger charge is -2.17. The van der Waals surface area contributed by atoms with Crippen LogP contribution >= 0.6 is 0 Å². The van der Waals surface area contributed by atoms with Gasteiger partial charge in [0.05, 0.1) is 6.04 Å². The molecule has 0 radical (unpaired) electrons. The van der Waals surface area contributed by atoms with Crippen molar-refractivity contribution in [3.63, 3.8) is 0 Å². The van der Waals surface area contributed by atoms with Gasteiger partial charge in [0, 0.05) is 5.69 Å². The number of aryl methyl sites for hydroxylation is 1. The van der Waals surface area contributed by atoms with E-state index in [2.05, 4.69) is 42.6 Å². The van der Waals surface area contributed by atoms with Crippen molar-refractivity contribution >= 4 is 5.69 Å². The van der Waals surface area contributed by atoms with Gasteiger partial charge in [-0.05, 0) is 37.2 Å². The lowest BCUT2D eigenvalue weighted by molar-refractivity contribution is 0.692. The molecule has 0 aliphatic rings. The molecule has 2 aromatic rings. The van der Waals surface area contributed by atoms with Crippen molar-refractivity contribution in [2.45, 2.75) is 13.0 Å². The summed E-state index contributed by atoms with van der Waals surface area (Å²) in [4.78, 5) is 0. The standard InChI is InChI=1S/C15H18N2/c1-11-6-8-12(9-7-11)15(17-2)13-4-3-5-14(16)10-13/h3-10,15,17H,16H2,1-2H3. The van der Waals surface area contributed by atoms with Crippen LogP contribution in [-0.2, 0) is 0 Å². The first-order valence-electron chi connectivity index (χ1n) is 5.80. The Morgan fingerprint density at radius 2 is 1.71 bits per heavy atom. The summed E-state index contributed by atoms with van der Waals surface area (Å²) in [6.45, 7) is 2.10. The van der Waals surface area contributed by atoms with E-state index in [4.69, 9.17) is 5.73 Å². The predicted octanol–water partition coefficient (Wildman–Crippen LogP) is 2.89. The molecule has 0 heterocycles. The minimum atomic E-state index is 0.194. The SMILES string of the molecule is CNC(c1ccc(C)cc1)c1cccc(N)c1. The molecule has 0 bridgehead atoms. The van der Waals surface area contributed by atoms with Crippen molar-refractivity contribution in [1.29, 1.82) is 0 Å². The summed E-state index contributed by atoms with van der Waals surface area (Å²) in [6, 6.07) is 16.8. The minimum Gasteiger partial charge on any atom is -0.399 e. The highest BCUT2D eigenvalue weighted by Gasteiger charge is 2.11. The van der Waals surface area contributed by atoms with E-state index in [-0.39, 0.29) is 6.04 Å². The van der Waals surface area contributed by atoms with Gasteiger partial charge in [-0.15, -0.1) is 0 Å². The summed E-state index contributed by atoms with van der Waals surface area (Å²) in [5, 5.41) is 3.33. The molecule has 0 fully saturated rings. The Hall–Kier alpha value is -1.80. The number of hydrogen-bond donors (Lipinski definition) is 2. The third-order valence-corrected chi connectivity index (χ3v) is 2.94. The van der Waals surface area contributed by atoms with E-state index in [1.165, 1.54) is 16.7 Å². The number of rotatable bonds is 3. The quantitative estimate of drug-likeness (QED) is 0.790. The van der Waals surface area contributed by atoms with Crippen molar-refractivity contribution in [1.82, 2.24) is 5.32 Å². The second-order valence-corrected chi connectivity index (χ2v) is 4.30. The molecule has 2 nitrogen and oxygen atoms in total. The van der Waals surface area contributed by atoms with Gasteiger partial charge in [-0.2, -0.15) is 0 Å². The van der Waals surface area contributed by atoms with Crippen LogP contribution < -0.4 is 11.1 Å². The second kappa shape index (κ2) is 5.02. The van der Waals surface area contributed by atoms with E-state index in [9.17, 15) is 0 Å². The van der Waals surface area contributed by atoms with Crippen LogP contribution in [0.3, 0.4) is 0 Å².